The Morgan fingerprint density at radius 1 is 0.667 bits per heavy atom. The molecule has 2 aromatic rings. The number of benzene rings is 2. The van der Waals surface area contributed by atoms with Gasteiger partial charge in [-0.15, -0.1) is 0 Å². The summed E-state index contributed by atoms with van der Waals surface area (Å²) in [5, 5.41) is 29.3. The summed E-state index contributed by atoms with van der Waals surface area (Å²) in [6.07, 6.45) is 3.33. The maximum Gasteiger partial charge on any atom is 0.141 e. The van der Waals surface area contributed by atoms with Crippen LogP contribution >= 0.6 is 0 Å². The van der Waals surface area contributed by atoms with Crippen LogP contribution in [0, 0.1) is 11.8 Å². The number of aliphatic carboxylic acids is 2. The fourth-order valence-electron chi connectivity index (χ4n) is 4.39. The van der Waals surface area contributed by atoms with Gasteiger partial charge in [-0.1, -0.05) is 88.4 Å². The van der Waals surface area contributed by atoms with Gasteiger partial charge in [0.15, 0.2) is 0 Å². The summed E-state index contributed by atoms with van der Waals surface area (Å²) in [7, 11) is 0. The summed E-state index contributed by atoms with van der Waals surface area (Å²) in [6, 6.07) is 17.9. The number of carbonyl (C=O) groups excluding carboxylic acids is 2. The molecule has 2 aliphatic rings. The van der Waals surface area contributed by atoms with E-state index < -0.39 is 23.0 Å². The van der Waals surface area contributed by atoms with Crippen molar-refractivity contribution in [1.82, 2.24) is 10.6 Å². The number of aliphatic imine (C=N–C) groups is 2. The second-order valence-electron chi connectivity index (χ2n) is 9.94. The van der Waals surface area contributed by atoms with Crippen LogP contribution in [-0.4, -0.2) is 23.4 Å². The Bertz CT molecular complexity index is 1200. The molecule has 2 aromatic carbocycles. The zero-order chi connectivity index (χ0) is 28.1. The zero-order valence-corrected chi connectivity index (χ0v) is 25.3. The molecular formula is C30H34IrN4O4-2. The van der Waals surface area contributed by atoms with Crippen LogP contribution in [0.15, 0.2) is 94.4 Å². The predicted molar refractivity (Wildman–Crippen MR) is 145 cm³/mol. The third-order valence-electron chi connectivity index (χ3n) is 6.76. The smallest absolute Gasteiger partial charge is 0.141 e. The van der Waals surface area contributed by atoms with Crippen molar-refractivity contribution in [2.45, 2.75) is 52.6 Å². The summed E-state index contributed by atoms with van der Waals surface area (Å²) in [4.78, 5) is 32.2. The van der Waals surface area contributed by atoms with Gasteiger partial charge >= 0.3 is 0 Å². The van der Waals surface area contributed by atoms with Crippen molar-refractivity contribution in [2.24, 2.45) is 21.8 Å². The number of nitrogens with zero attached hydrogens (tertiary/aromatic N) is 2. The molecule has 2 N–H and O–H groups in total. The SMILES string of the molecule is CC1=NC(C(C)C)=CNC1(C(=O)[O-])c1ccccc1.CC1=NC(C(C)C)=CNC1(C(=O)[O-])c1ccccc1.[Ir]. The van der Waals surface area contributed by atoms with Crippen LogP contribution in [0.1, 0.15) is 52.7 Å². The average molecular weight is 707 g/mol. The van der Waals surface area contributed by atoms with E-state index in [1.54, 1.807) is 74.8 Å². The van der Waals surface area contributed by atoms with Gasteiger partial charge in [-0.2, -0.15) is 0 Å². The minimum Gasteiger partial charge on any atom is -0.547 e. The molecule has 4 rings (SSSR count). The van der Waals surface area contributed by atoms with Crippen LogP contribution in [0.4, 0.5) is 0 Å². The zero-order valence-electron chi connectivity index (χ0n) is 22.9. The van der Waals surface area contributed by atoms with Gasteiger partial charge in [-0.05, 0) is 36.8 Å². The summed E-state index contributed by atoms with van der Waals surface area (Å²) in [5.74, 6) is -1.92. The summed E-state index contributed by atoms with van der Waals surface area (Å²) >= 11 is 0. The van der Waals surface area contributed by atoms with Gasteiger partial charge in [-0.25, -0.2) is 0 Å². The van der Waals surface area contributed by atoms with E-state index in [1.165, 1.54) is 0 Å². The molecule has 0 aliphatic carbocycles. The molecule has 8 nitrogen and oxygen atoms in total. The Morgan fingerprint density at radius 2 is 0.974 bits per heavy atom. The van der Waals surface area contributed by atoms with Crippen LogP contribution in [0.3, 0.4) is 0 Å². The second kappa shape index (κ2) is 13.0. The fourth-order valence-corrected chi connectivity index (χ4v) is 4.39. The Morgan fingerprint density at radius 3 is 1.21 bits per heavy atom. The number of carboxylic acids is 2. The third kappa shape index (κ3) is 6.21. The molecule has 0 saturated heterocycles. The van der Waals surface area contributed by atoms with Crippen molar-refractivity contribution in [2.75, 3.05) is 0 Å². The molecule has 0 amide bonds. The first-order valence-electron chi connectivity index (χ1n) is 12.6. The largest absolute Gasteiger partial charge is 0.547 e. The Kier molecular flexibility index (Phi) is 10.6. The molecule has 9 heteroatoms. The minimum absolute atomic E-state index is 0. The van der Waals surface area contributed by atoms with E-state index in [1.807, 2.05) is 39.8 Å². The molecule has 2 unspecified atom stereocenters. The van der Waals surface area contributed by atoms with E-state index in [0.717, 1.165) is 11.4 Å². The van der Waals surface area contributed by atoms with Gasteiger partial charge < -0.3 is 30.4 Å². The Balaban J connectivity index is 0.000000267. The fraction of sp³-hybridized carbons (Fsp3) is 0.333. The number of hydrogen-bond donors (Lipinski definition) is 2. The maximum atomic E-state index is 11.7. The van der Waals surface area contributed by atoms with Crippen molar-refractivity contribution in [3.63, 3.8) is 0 Å². The van der Waals surface area contributed by atoms with E-state index in [0.29, 0.717) is 22.6 Å². The average Bonchev–Trinajstić information content (AvgIpc) is 2.89. The van der Waals surface area contributed by atoms with E-state index in [-0.39, 0.29) is 31.9 Å². The number of carbonyl (C=O) groups is 2. The molecule has 0 bridgehead atoms. The Labute approximate surface area is 243 Å². The van der Waals surface area contributed by atoms with Crippen molar-refractivity contribution in [3.8, 4) is 0 Å². The van der Waals surface area contributed by atoms with Gasteiger partial charge in [0, 0.05) is 32.5 Å². The third-order valence-corrected chi connectivity index (χ3v) is 6.76. The van der Waals surface area contributed by atoms with Gasteiger partial charge in [0.05, 0.1) is 34.8 Å². The minimum atomic E-state index is -1.38. The molecule has 0 fully saturated rings. The van der Waals surface area contributed by atoms with Crippen molar-refractivity contribution < 1.29 is 39.9 Å². The first-order valence-corrected chi connectivity index (χ1v) is 12.6. The molecule has 39 heavy (non-hydrogen) atoms. The van der Waals surface area contributed by atoms with Crippen LogP contribution < -0.4 is 20.8 Å². The van der Waals surface area contributed by atoms with Crippen LogP contribution in [0.5, 0.6) is 0 Å². The molecule has 2 heterocycles. The number of allylic oxidation sites excluding steroid dienone is 2. The molecule has 2 aliphatic heterocycles. The van der Waals surface area contributed by atoms with Crippen molar-refractivity contribution >= 4 is 23.4 Å². The van der Waals surface area contributed by atoms with Crippen LogP contribution in [-0.2, 0) is 40.8 Å². The first kappa shape index (κ1) is 31.7. The van der Waals surface area contributed by atoms with Crippen molar-refractivity contribution in [1.29, 1.82) is 0 Å². The first-order chi connectivity index (χ1) is 18.0. The van der Waals surface area contributed by atoms with Crippen LogP contribution in [0.25, 0.3) is 0 Å². The second-order valence-corrected chi connectivity index (χ2v) is 9.94. The van der Waals surface area contributed by atoms with Gasteiger partial charge in [-0.3, -0.25) is 9.98 Å². The molecular weight excluding hydrogens is 673 g/mol. The van der Waals surface area contributed by atoms with E-state index >= 15 is 0 Å². The maximum absolute atomic E-state index is 11.7. The number of nitrogens with one attached hydrogen (secondary N) is 2. The monoisotopic (exact) mass is 707 g/mol. The number of hydrogen-bond acceptors (Lipinski definition) is 8. The number of carboxylic acid groups (broad SMARTS) is 2. The van der Waals surface area contributed by atoms with E-state index in [2.05, 4.69) is 20.6 Å². The topological polar surface area (TPSA) is 129 Å². The summed E-state index contributed by atoms with van der Waals surface area (Å²) in [5.41, 5.74) is 1.15. The summed E-state index contributed by atoms with van der Waals surface area (Å²) in [6.45, 7) is 11.5. The van der Waals surface area contributed by atoms with Gasteiger partial charge in [0.25, 0.3) is 0 Å². The normalized spacial score (nSPS) is 21.9. The molecule has 2 atom stereocenters. The predicted octanol–water partition coefficient (Wildman–Crippen LogP) is 2.38. The number of rotatable bonds is 6. The summed E-state index contributed by atoms with van der Waals surface area (Å²) < 4.78 is 0. The molecule has 0 spiro atoms. The van der Waals surface area contributed by atoms with Crippen molar-refractivity contribution in [3.05, 3.63) is 95.6 Å². The van der Waals surface area contributed by atoms with E-state index in [4.69, 9.17) is 0 Å². The van der Waals surface area contributed by atoms with Gasteiger partial charge in [0.1, 0.15) is 11.1 Å². The molecule has 0 saturated carbocycles. The molecule has 209 valence electrons. The molecule has 0 aromatic heterocycles. The Hall–Kier alpha value is -3.55. The molecule has 1 radical (unpaired) electrons. The quantitative estimate of drug-likeness (QED) is 0.475. The standard InChI is InChI=1S/2C15H18N2O2.Ir/c2*1-10(2)13-9-16-15(14(18)19,11(3)17-13)12-7-5-4-6-8-12;/h2*4-10,16H,1-3H3,(H,18,19);/p-2. The van der Waals surface area contributed by atoms with Gasteiger partial charge in [0.2, 0.25) is 0 Å². The van der Waals surface area contributed by atoms with Crippen LogP contribution in [0.2, 0.25) is 0 Å². The van der Waals surface area contributed by atoms with E-state index in [9.17, 15) is 19.8 Å².